The Bertz CT molecular complexity index is 450. The quantitative estimate of drug-likeness (QED) is 0.899. The van der Waals surface area contributed by atoms with Crippen LogP contribution in [0.1, 0.15) is 25.3 Å². The maximum atomic E-state index is 13.4. The zero-order chi connectivity index (χ0) is 13.2. The summed E-state index contributed by atoms with van der Waals surface area (Å²) in [6.45, 7) is 5.03. The number of ether oxygens (including phenoxy) is 1. The summed E-state index contributed by atoms with van der Waals surface area (Å²) in [5.41, 5.74) is 0.945. The highest BCUT2D eigenvalue weighted by molar-refractivity contribution is 5.48. The first kappa shape index (κ1) is 12.8. The van der Waals surface area contributed by atoms with Crippen LogP contribution >= 0.6 is 0 Å². The zero-order valence-corrected chi connectivity index (χ0v) is 11.2. The van der Waals surface area contributed by atoms with Gasteiger partial charge >= 0.3 is 0 Å². The van der Waals surface area contributed by atoms with Crippen LogP contribution in [0.4, 0.5) is 10.2 Å². The second-order valence-corrected chi connectivity index (χ2v) is 5.41. The van der Waals surface area contributed by atoms with Gasteiger partial charge < -0.3 is 15.0 Å². The molecule has 19 heavy (non-hydrogen) atoms. The number of anilines is 1. The van der Waals surface area contributed by atoms with E-state index in [2.05, 4.69) is 22.1 Å². The number of nitrogens with zero attached hydrogens (tertiary/aromatic N) is 2. The molecule has 2 heterocycles. The Morgan fingerprint density at radius 1 is 1.53 bits per heavy atom. The highest BCUT2D eigenvalue weighted by Crippen LogP contribution is 2.25. The number of aromatic nitrogens is 1. The number of halogens is 1. The fourth-order valence-corrected chi connectivity index (χ4v) is 2.45. The van der Waals surface area contributed by atoms with Crippen LogP contribution in [-0.2, 0) is 11.3 Å². The highest BCUT2D eigenvalue weighted by Gasteiger charge is 2.25. The first-order valence-corrected chi connectivity index (χ1v) is 6.96. The minimum absolute atomic E-state index is 0.266. The van der Waals surface area contributed by atoms with Crippen molar-refractivity contribution in [1.29, 1.82) is 0 Å². The second-order valence-electron chi connectivity index (χ2n) is 5.41. The van der Waals surface area contributed by atoms with Crippen molar-refractivity contribution in [3.63, 3.8) is 0 Å². The van der Waals surface area contributed by atoms with Gasteiger partial charge in [0.25, 0.3) is 0 Å². The molecular formula is C14H20FN3O. The van der Waals surface area contributed by atoms with Gasteiger partial charge in [-0.05, 0) is 25.8 Å². The average Bonchev–Trinajstić information content (AvgIpc) is 3.22. The zero-order valence-electron chi connectivity index (χ0n) is 11.2. The standard InChI is InChI=1S/C14H20FN3O/c1-10-9-19-5-4-18(10)14-11(6-12(15)8-17-14)7-16-13-2-3-13/h6,8,10,13,16H,2-5,7,9H2,1H3. The van der Waals surface area contributed by atoms with Crippen molar-refractivity contribution >= 4 is 5.82 Å². The van der Waals surface area contributed by atoms with Crippen LogP contribution < -0.4 is 10.2 Å². The van der Waals surface area contributed by atoms with Crippen LogP contribution in [-0.4, -0.2) is 36.8 Å². The lowest BCUT2D eigenvalue weighted by atomic mass is 10.2. The second kappa shape index (κ2) is 5.43. The molecule has 0 amide bonds. The summed E-state index contributed by atoms with van der Waals surface area (Å²) in [5, 5.41) is 3.43. The normalized spacial score (nSPS) is 23.7. The molecule has 104 valence electrons. The Labute approximate surface area is 113 Å². The molecule has 3 rings (SSSR count). The molecule has 0 bridgehead atoms. The summed E-state index contributed by atoms with van der Waals surface area (Å²) in [6, 6.07) is 2.49. The van der Waals surface area contributed by atoms with E-state index in [9.17, 15) is 4.39 Å². The predicted octanol–water partition coefficient (Wildman–Crippen LogP) is 1.70. The molecule has 2 fully saturated rings. The fraction of sp³-hybridized carbons (Fsp3) is 0.643. The topological polar surface area (TPSA) is 37.4 Å². The molecule has 1 aliphatic carbocycles. The average molecular weight is 265 g/mol. The molecule has 1 saturated carbocycles. The summed E-state index contributed by atoms with van der Waals surface area (Å²) in [4.78, 5) is 6.52. The van der Waals surface area contributed by atoms with Gasteiger partial charge in [-0.3, -0.25) is 0 Å². The summed E-state index contributed by atoms with van der Waals surface area (Å²) >= 11 is 0. The molecule has 1 atom stereocenters. The maximum absolute atomic E-state index is 13.4. The number of hydrogen-bond donors (Lipinski definition) is 1. The van der Waals surface area contributed by atoms with Crippen LogP contribution in [0, 0.1) is 5.82 Å². The van der Waals surface area contributed by atoms with E-state index in [1.165, 1.54) is 19.0 Å². The number of pyridine rings is 1. The molecular weight excluding hydrogens is 245 g/mol. The Morgan fingerprint density at radius 2 is 2.37 bits per heavy atom. The molecule has 1 unspecified atom stereocenters. The molecule has 0 radical (unpaired) electrons. The van der Waals surface area contributed by atoms with E-state index in [1.54, 1.807) is 6.07 Å². The first-order chi connectivity index (χ1) is 9.24. The largest absolute Gasteiger partial charge is 0.377 e. The van der Waals surface area contributed by atoms with Crippen LogP contribution in [0.2, 0.25) is 0 Å². The lowest BCUT2D eigenvalue weighted by Crippen LogP contribution is -2.44. The molecule has 1 aromatic rings. The van der Waals surface area contributed by atoms with Gasteiger partial charge in [0.05, 0.1) is 25.5 Å². The highest BCUT2D eigenvalue weighted by atomic mass is 19.1. The maximum Gasteiger partial charge on any atom is 0.141 e. The first-order valence-electron chi connectivity index (χ1n) is 6.96. The van der Waals surface area contributed by atoms with Gasteiger partial charge in [-0.2, -0.15) is 0 Å². The van der Waals surface area contributed by atoms with Crippen molar-refractivity contribution in [2.45, 2.75) is 38.4 Å². The van der Waals surface area contributed by atoms with Crippen molar-refractivity contribution in [1.82, 2.24) is 10.3 Å². The Morgan fingerprint density at radius 3 is 3.11 bits per heavy atom. The molecule has 1 aromatic heterocycles. The summed E-state index contributed by atoms with van der Waals surface area (Å²) < 4.78 is 18.9. The van der Waals surface area contributed by atoms with Crippen molar-refractivity contribution in [2.75, 3.05) is 24.7 Å². The Hall–Kier alpha value is -1.20. The third-order valence-corrected chi connectivity index (χ3v) is 3.71. The van der Waals surface area contributed by atoms with Gasteiger partial charge in [0.15, 0.2) is 0 Å². The monoisotopic (exact) mass is 265 g/mol. The van der Waals surface area contributed by atoms with Crippen molar-refractivity contribution in [3.05, 3.63) is 23.6 Å². The summed E-state index contributed by atoms with van der Waals surface area (Å²) in [6.07, 6.45) is 3.76. The van der Waals surface area contributed by atoms with Crippen LogP contribution in [0.15, 0.2) is 12.3 Å². The van der Waals surface area contributed by atoms with Gasteiger partial charge in [-0.15, -0.1) is 0 Å². The van der Waals surface area contributed by atoms with Crippen molar-refractivity contribution < 1.29 is 9.13 Å². The molecule has 4 nitrogen and oxygen atoms in total. The van der Waals surface area contributed by atoms with E-state index in [0.29, 0.717) is 25.8 Å². The SMILES string of the molecule is CC1COCCN1c1ncc(F)cc1CNC1CC1. The minimum Gasteiger partial charge on any atom is -0.377 e. The number of nitrogens with one attached hydrogen (secondary N) is 1. The van der Waals surface area contributed by atoms with Gasteiger partial charge in [0, 0.05) is 24.7 Å². The van der Waals surface area contributed by atoms with Gasteiger partial charge in [-0.1, -0.05) is 0 Å². The van der Waals surface area contributed by atoms with Crippen LogP contribution in [0.3, 0.4) is 0 Å². The van der Waals surface area contributed by atoms with Crippen molar-refractivity contribution in [2.24, 2.45) is 0 Å². The summed E-state index contributed by atoms with van der Waals surface area (Å²) in [7, 11) is 0. The van der Waals surface area contributed by atoms with E-state index in [4.69, 9.17) is 4.74 Å². The lowest BCUT2D eigenvalue weighted by molar-refractivity contribution is 0.0984. The molecule has 0 aromatic carbocycles. The van der Waals surface area contributed by atoms with Crippen molar-refractivity contribution in [3.8, 4) is 0 Å². The fourth-order valence-electron chi connectivity index (χ4n) is 2.45. The number of hydrogen-bond acceptors (Lipinski definition) is 4. The van der Waals surface area contributed by atoms with Gasteiger partial charge in [0.2, 0.25) is 0 Å². The lowest BCUT2D eigenvalue weighted by Gasteiger charge is -2.35. The van der Waals surface area contributed by atoms with Crippen LogP contribution in [0.5, 0.6) is 0 Å². The molecule has 0 spiro atoms. The van der Waals surface area contributed by atoms with Gasteiger partial charge in [-0.25, -0.2) is 9.37 Å². The third-order valence-electron chi connectivity index (χ3n) is 3.71. The molecule has 1 aliphatic heterocycles. The van der Waals surface area contributed by atoms with Gasteiger partial charge in [0.1, 0.15) is 11.6 Å². The van der Waals surface area contributed by atoms with E-state index in [-0.39, 0.29) is 11.9 Å². The Kier molecular flexibility index (Phi) is 3.66. The number of morpholine rings is 1. The minimum atomic E-state index is -0.266. The van der Waals surface area contributed by atoms with E-state index >= 15 is 0 Å². The third kappa shape index (κ3) is 3.04. The number of rotatable bonds is 4. The predicted molar refractivity (Wildman–Crippen MR) is 71.7 cm³/mol. The van der Waals surface area contributed by atoms with Crippen LogP contribution in [0.25, 0.3) is 0 Å². The van der Waals surface area contributed by atoms with E-state index in [1.807, 2.05) is 0 Å². The van der Waals surface area contributed by atoms with E-state index < -0.39 is 0 Å². The smallest absolute Gasteiger partial charge is 0.141 e. The van der Waals surface area contributed by atoms with E-state index in [0.717, 1.165) is 17.9 Å². The molecule has 1 saturated heterocycles. The molecule has 2 aliphatic rings. The molecule has 1 N–H and O–H groups in total. The summed E-state index contributed by atoms with van der Waals surface area (Å²) in [5.74, 6) is 0.627. The Balaban J connectivity index is 1.80. The molecule has 5 heteroatoms.